The van der Waals surface area contributed by atoms with E-state index in [4.69, 9.17) is 4.74 Å². The van der Waals surface area contributed by atoms with Gasteiger partial charge in [0.05, 0.1) is 11.5 Å². The number of aromatic carboxylic acids is 1. The molecular formula is C20H12O5. The fraction of sp³-hybridized carbons (Fsp3) is 0.0500. The first kappa shape index (κ1) is 15.1. The summed E-state index contributed by atoms with van der Waals surface area (Å²) in [5, 5.41) is 9.55. The van der Waals surface area contributed by atoms with Crippen molar-refractivity contribution in [1.82, 2.24) is 0 Å². The molecule has 5 heteroatoms. The minimum absolute atomic E-state index is 0.154. The second-order valence-corrected chi connectivity index (χ2v) is 5.81. The van der Waals surface area contributed by atoms with Crippen molar-refractivity contribution >= 4 is 23.1 Å². The molecule has 3 aliphatic rings. The smallest absolute Gasteiger partial charge is 0.336 e. The number of ketones is 2. The van der Waals surface area contributed by atoms with E-state index in [1.165, 1.54) is 30.4 Å². The van der Waals surface area contributed by atoms with Crippen LogP contribution in [0.3, 0.4) is 0 Å². The second kappa shape index (κ2) is 5.56. The maximum Gasteiger partial charge on any atom is 0.336 e. The monoisotopic (exact) mass is 332 g/mol. The van der Waals surface area contributed by atoms with Gasteiger partial charge in [-0.1, -0.05) is 24.3 Å². The van der Waals surface area contributed by atoms with Crippen LogP contribution in [0.4, 0.5) is 0 Å². The highest BCUT2D eigenvalue weighted by molar-refractivity contribution is 6.06. The third-order valence-corrected chi connectivity index (χ3v) is 4.27. The minimum atomic E-state index is -1.04. The Hall–Kier alpha value is -3.47. The molecule has 122 valence electrons. The second-order valence-electron chi connectivity index (χ2n) is 5.81. The highest BCUT2D eigenvalue weighted by Crippen LogP contribution is 2.45. The largest absolute Gasteiger partial charge is 0.478 e. The summed E-state index contributed by atoms with van der Waals surface area (Å²) in [6.07, 6.45) is 8.89. The number of hydrogen-bond donors (Lipinski definition) is 1. The highest BCUT2D eigenvalue weighted by atomic mass is 16.5. The van der Waals surface area contributed by atoms with Crippen molar-refractivity contribution in [2.24, 2.45) is 5.92 Å². The van der Waals surface area contributed by atoms with Crippen molar-refractivity contribution in [2.45, 2.75) is 0 Å². The van der Waals surface area contributed by atoms with Crippen LogP contribution in [0.15, 0.2) is 77.8 Å². The molecule has 5 nitrogen and oxygen atoms in total. The van der Waals surface area contributed by atoms with Crippen molar-refractivity contribution in [3.8, 4) is 0 Å². The number of benzene rings is 1. The van der Waals surface area contributed by atoms with Crippen LogP contribution in [-0.2, 0) is 14.3 Å². The molecule has 1 unspecified atom stereocenters. The third kappa shape index (κ3) is 2.46. The van der Waals surface area contributed by atoms with Crippen molar-refractivity contribution in [3.05, 3.63) is 88.9 Å². The molecule has 2 aliphatic carbocycles. The lowest BCUT2D eigenvalue weighted by Crippen LogP contribution is -2.22. The molecule has 1 N–H and O–H groups in total. The third-order valence-electron chi connectivity index (χ3n) is 4.27. The first-order valence-corrected chi connectivity index (χ1v) is 7.67. The zero-order valence-electron chi connectivity index (χ0n) is 12.9. The van der Waals surface area contributed by atoms with Crippen LogP contribution >= 0.6 is 0 Å². The Labute approximate surface area is 142 Å². The summed E-state index contributed by atoms with van der Waals surface area (Å²) in [6.45, 7) is 0. The van der Waals surface area contributed by atoms with Crippen LogP contribution < -0.4 is 0 Å². The molecule has 25 heavy (non-hydrogen) atoms. The normalized spacial score (nSPS) is 21.2. The van der Waals surface area contributed by atoms with Crippen LogP contribution in [-0.4, -0.2) is 22.6 Å². The number of carboxylic acid groups (broad SMARTS) is 1. The van der Waals surface area contributed by atoms with E-state index in [0.29, 0.717) is 28.2 Å². The lowest BCUT2D eigenvalue weighted by Gasteiger charge is -2.32. The number of carbonyl (C=O) groups is 3. The fourth-order valence-corrected chi connectivity index (χ4v) is 3.22. The van der Waals surface area contributed by atoms with E-state index >= 15 is 0 Å². The molecule has 0 radical (unpaired) electrons. The molecule has 1 aromatic carbocycles. The number of fused-ring (bicyclic) bond motifs is 2. The predicted octanol–water partition coefficient (Wildman–Crippen LogP) is 2.83. The number of carboxylic acids is 1. The van der Waals surface area contributed by atoms with Gasteiger partial charge in [0.25, 0.3) is 0 Å². The molecule has 0 fully saturated rings. The molecule has 0 spiro atoms. The van der Waals surface area contributed by atoms with Gasteiger partial charge in [-0.25, -0.2) is 4.79 Å². The molecule has 4 rings (SSSR count). The van der Waals surface area contributed by atoms with Gasteiger partial charge in [-0.15, -0.1) is 0 Å². The fourth-order valence-electron chi connectivity index (χ4n) is 3.22. The molecular weight excluding hydrogens is 320 g/mol. The summed E-state index contributed by atoms with van der Waals surface area (Å²) in [5.74, 6) is -1.14. The van der Waals surface area contributed by atoms with E-state index in [1.54, 1.807) is 30.4 Å². The van der Waals surface area contributed by atoms with Gasteiger partial charge in [0.15, 0.2) is 11.6 Å². The maximum absolute atomic E-state index is 11.7. The quantitative estimate of drug-likeness (QED) is 0.901. The number of ether oxygens (including phenoxy) is 1. The molecule has 0 saturated carbocycles. The van der Waals surface area contributed by atoms with Crippen LogP contribution in [0.5, 0.6) is 0 Å². The SMILES string of the molecule is O=C1C=CC2=C(c3ccccc3C(=O)O)C3C=CC(=O)C=C3OC2=C1. The van der Waals surface area contributed by atoms with Crippen LogP contribution in [0, 0.1) is 5.92 Å². The van der Waals surface area contributed by atoms with E-state index in [0.717, 1.165) is 0 Å². The summed E-state index contributed by atoms with van der Waals surface area (Å²) < 4.78 is 5.76. The summed E-state index contributed by atoms with van der Waals surface area (Å²) >= 11 is 0. The molecule has 0 saturated heterocycles. The summed E-state index contributed by atoms with van der Waals surface area (Å²) in [4.78, 5) is 35.1. The van der Waals surface area contributed by atoms with Crippen molar-refractivity contribution in [1.29, 1.82) is 0 Å². The van der Waals surface area contributed by atoms with E-state index in [-0.39, 0.29) is 23.0 Å². The van der Waals surface area contributed by atoms with E-state index in [9.17, 15) is 19.5 Å². The van der Waals surface area contributed by atoms with Gasteiger partial charge < -0.3 is 9.84 Å². The lowest BCUT2D eigenvalue weighted by atomic mass is 9.79. The molecule has 1 atom stereocenters. The molecule has 1 aliphatic heterocycles. The first-order valence-electron chi connectivity index (χ1n) is 7.67. The minimum Gasteiger partial charge on any atom is -0.478 e. The van der Waals surface area contributed by atoms with Gasteiger partial charge in [-0.2, -0.15) is 0 Å². The van der Waals surface area contributed by atoms with E-state index in [2.05, 4.69) is 0 Å². The van der Waals surface area contributed by atoms with Crippen molar-refractivity contribution in [3.63, 3.8) is 0 Å². The number of rotatable bonds is 2. The summed E-state index contributed by atoms with van der Waals surface area (Å²) in [7, 11) is 0. The van der Waals surface area contributed by atoms with Gasteiger partial charge in [-0.05, 0) is 35.4 Å². The van der Waals surface area contributed by atoms with Gasteiger partial charge in [0.1, 0.15) is 11.5 Å². The molecule has 1 aromatic rings. The van der Waals surface area contributed by atoms with Crippen molar-refractivity contribution < 1.29 is 24.2 Å². The average molecular weight is 332 g/mol. The maximum atomic E-state index is 11.7. The van der Waals surface area contributed by atoms with Crippen LogP contribution in [0.2, 0.25) is 0 Å². The zero-order chi connectivity index (χ0) is 17.6. The average Bonchev–Trinajstić information content (AvgIpc) is 2.59. The van der Waals surface area contributed by atoms with Gasteiger partial charge in [-0.3, -0.25) is 9.59 Å². The molecule has 0 amide bonds. The highest BCUT2D eigenvalue weighted by Gasteiger charge is 2.35. The summed E-state index contributed by atoms with van der Waals surface area (Å²) in [6, 6.07) is 6.67. The first-order chi connectivity index (χ1) is 12.0. The van der Waals surface area contributed by atoms with E-state index < -0.39 is 5.97 Å². The number of carbonyl (C=O) groups excluding carboxylic acids is 2. The molecule has 0 aromatic heterocycles. The van der Waals surface area contributed by atoms with E-state index in [1.807, 2.05) is 0 Å². The van der Waals surface area contributed by atoms with Crippen molar-refractivity contribution in [2.75, 3.05) is 0 Å². The Bertz CT molecular complexity index is 985. The number of allylic oxidation sites excluding steroid dienone is 6. The Morgan fingerprint density at radius 3 is 2.56 bits per heavy atom. The number of hydrogen-bond acceptors (Lipinski definition) is 4. The molecule has 0 bridgehead atoms. The Balaban J connectivity index is 2.01. The van der Waals surface area contributed by atoms with Crippen LogP contribution in [0.1, 0.15) is 15.9 Å². The molecule has 1 heterocycles. The Kier molecular flexibility index (Phi) is 3.35. The Morgan fingerprint density at radius 1 is 1.00 bits per heavy atom. The predicted molar refractivity (Wildman–Crippen MR) is 89.4 cm³/mol. The van der Waals surface area contributed by atoms with Gasteiger partial charge in [0.2, 0.25) is 0 Å². The van der Waals surface area contributed by atoms with Gasteiger partial charge >= 0.3 is 5.97 Å². The van der Waals surface area contributed by atoms with Crippen LogP contribution in [0.25, 0.3) is 5.57 Å². The van der Waals surface area contributed by atoms with Gasteiger partial charge in [0, 0.05) is 17.7 Å². The topological polar surface area (TPSA) is 80.7 Å². The lowest BCUT2D eigenvalue weighted by molar-refractivity contribution is -0.111. The zero-order valence-corrected chi connectivity index (χ0v) is 12.9. The Morgan fingerprint density at radius 2 is 1.76 bits per heavy atom. The summed E-state index contributed by atoms with van der Waals surface area (Å²) in [5.41, 5.74) is 2.04. The standard InChI is InChI=1S/C20H12O5/c21-11-5-7-15-17(9-11)25-18-10-12(22)6-8-16(18)19(15)13-3-1-2-4-14(13)20(23)24/h1-10,15H,(H,23,24).